The predicted molar refractivity (Wildman–Crippen MR) is 102 cm³/mol. The van der Waals surface area contributed by atoms with Crippen molar-refractivity contribution in [2.75, 3.05) is 19.5 Å². The van der Waals surface area contributed by atoms with Gasteiger partial charge in [-0.3, -0.25) is 4.79 Å². The van der Waals surface area contributed by atoms with Gasteiger partial charge in [-0.25, -0.2) is 4.98 Å². The second kappa shape index (κ2) is 8.30. The summed E-state index contributed by atoms with van der Waals surface area (Å²) in [5.74, 6) is 0.0785. The number of rotatable bonds is 7. The fourth-order valence-electron chi connectivity index (χ4n) is 3.27. The van der Waals surface area contributed by atoms with E-state index < -0.39 is 5.54 Å². The van der Waals surface area contributed by atoms with Crippen LogP contribution in [-0.2, 0) is 16.1 Å². The first-order valence-corrected chi connectivity index (χ1v) is 9.93. The van der Waals surface area contributed by atoms with E-state index in [0.29, 0.717) is 18.2 Å². The maximum Gasteiger partial charge on any atom is 0.231 e. The molecule has 8 heteroatoms. The predicted octanol–water partition coefficient (Wildman–Crippen LogP) is 3.38. The highest BCUT2D eigenvalue weighted by Crippen LogP contribution is 2.30. The van der Waals surface area contributed by atoms with Crippen LogP contribution in [0.2, 0.25) is 5.02 Å². The average molecular weight is 393 g/mol. The van der Waals surface area contributed by atoms with Crippen molar-refractivity contribution in [2.45, 2.75) is 42.9 Å². The molecule has 6 nitrogen and oxygen atoms in total. The largest absolute Gasteiger partial charge is 0.383 e. The van der Waals surface area contributed by atoms with Gasteiger partial charge in [0.2, 0.25) is 5.91 Å². The summed E-state index contributed by atoms with van der Waals surface area (Å²) in [5, 5.41) is 13.7. The maximum absolute atomic E-state index is 12.4. The number of carbonyl (C=O) groups excluding carboxylic acids is 1. The van der Waals surface area contributed by atoms with E-state index in [-0.39, 0.29) is 11.7 Å². The van der Waals surface area contributed by atoms with Gasteiger partial charge in [0.1, 0.15) is 5.54 Å². The molecule has 1 saturated carbocycles. The molecule has 26 heavy (non-hydrogen) atoms. The lowest BCUT2D eigenvalue weighted by Gasteiger charge is -2.21. The van der Waals surface area contributed by atoms with Crippen molar-refractivity contribution in [2.24, 2.45) is 0 Å². The quantitative estimate of drug-likeness (QED) is 0.730. The normalized spacial score (nSPS) is 15.9. The first kappa shape index (κ1) is 19.0. The molecule has 0 bridgehead atoms. The van der Waals surface area contributed by atoms with Gasteiger partial charge >= 0.3 is 0 Å². The number of nitrogens with zero attached hydrogens (tertiary/aromatic N) is 3. The number of fused-ring (bicyclic) bond motifs is 1. The molecular weight excluding hydrogens is 372 g/mol. The molecule has 1 N–H and O–H groups in total. The zero-order valence-corrected chi connectivity index (χ0v) is 16.2. The Balaban J connectivity index is 1.73. The monoisotopic (exact) mass is 392 g/mol. The number of methoxy groups -OCH3 is 1. The molecule has 1 heterocycles. The van der Waals surface area contributed by atoms with Crippen LogP contribution in [-0.4, -0.2) is 40.5 Å². The van der Waals surface area contributed by atoms with Crippen LogP contribution in [0.1, 0.15) is 25.7 Å². The first-order valence-electron chi connectivity index (χ1n) is 8.57. The Hall–Kier alpha value is -1.75. The van der Waals surface area contributed by atoms with E-state index in [9.17, 15) is 10.1 Å². The van der Waals surface area contributed by atoms with E-state index in [1.165, 1.54) is 11.8 Å². The van der Waals surface area contributed by atoms with Gasteiger partial charge in [0.15, 0.2) is 5.16 Å². The third-order valence-corrected chi connectivity index (χ3v) is 5.79. The minimum absolute atomic E-state index is 0.137. The Morgan fingerprint density at radius 1 is 1.50 bits per heavy atom. The van der Waals surface area contributed by atoms with Crippen molar-refractivity contribution in [1.82, 2.24) is 14.9 Å². The fraction of sp³-hybridized carbons (Fsp3) is 0.500. The van der Waals surface area contributed by atoms with Crippen LogP contribution < -0.4 is 5.32 Å². The topological polar surface area (TPSA) is 79.9 Å². The van der Waals surface area contributed by atoms with Crippen molar-refractivity contribution >= 4 is 40.3 Å². The van der Waals surface area contributed by atoms with E-state index in [1.807, 2.05) is 22.8 Å². The number of nitriles is 1. The fourth-order valence-corrected chi connectivity index (χ4v) is 4.27. The highest BCUT2D eigenvalue weighted by atomic mass is 35.5. The molecule has 138 valence electrons. The number of benzene rings is 1. The Morgan fingerprint density at radius 2 is 2.27 bits per heavy atom. The molecule has 0 spiro atoms. The number of ether oxygens (including phenoxy) is 1. The molecule has 1 amide bonds. The summed E-state index contributed by atoms with van der Waals surface area (Å²) in [7, 11) is 1.65. The highest BCUT2D eigenvalue weighted by Gasteiger charge is 2.35. The third kappa shape index (κ3) is 4.14. The summed E-state index contributed by atoms with van der Waals surface area (Å²) in [6, 6.07) is 7.84. The third-order valence-electron chi connectivity index (χ3n) is 4.58. The lowest BCUT2D eigenvalue weighted by atomic mass is 10.0. The van der Waals surface area contributed by atoms with Crippen LogP contribution in [0.3, 0.4) is 0 Å². The van der Waals surface area contributed by atoms with Gasteiger partial charge in [-0.05, 0) is 43.9 Å². The number of aromatic nitrogens is 2. The Morgan fingerprint density at radius 3 is 2.96 bits per heavy atom. The second-order valence-corrected chi connectivity index (χ2v) is 7.79. The summed E-state index contributed by atoms with van der Waals surface area (Å²) in [5.41, 5.74) is 1.06. The molecule has 0 aliphatic heterocycles. The van der Waals surface area contributed by atoms with Crippen molar-refractivity contribution in [3.63, 3.8) is 0 Å². The summed E-state index contributed by atoms with van der Waals surface area (Å²) >= 11 is 7.42. The molecule has 0 unspecified atom stereocenters. The number of nitrogens with one attached hydrogen (secondary N) is 1. The van der Waals surface area contributed by atoms with Crippen molar-refractivity contribution in [1.29, 1.82) is 5.26 Å². The van der Waals surface area contributed by atoms with E-state index in [1.54, 1.807) is 7.11 Å². The molecule has 2 aromatic rings. The number of imidazole rings is 1. The highest BCUT2D eigenvalue weighted by molar-refractivity contribution is 7.99. The number of hydrogen-bond donors (Lipinski definition) is 1. The van der Waals surface area contributed by atoms with Gasteiger partial charge in [0, 0.05) is 18.7 Å². The van der Waals surface area contributed by atoms with Gasteiger partial charge in [-0.15, -0.1) is 0 Å². The Labute approximate surface area is 161 Å². The number of thioether (sulfide) groups is 1. The van der Waals surface area contributed by atoms with Gasteiger partial charge in [-0.2, -0.15) is 5.26 Å². The Bertz CT molecular complexity index is 840. The van der Waals surface area contributed by atoms with E-state index in [2.05, 4.69) is 16.4 Å². The van der Waals surface area contributed by atoms with Crippen molar-refractivity contribution in [3.8, 4) is 6.07 Å². The number of amides is 1. The van der Waals surface area contributed by atoms with Gasteiger partial charge in [0.25, 0.3) is 0 Å². The van der Waals surface area contributed by atoms with E-state index in [4.69, 9.17) is 16.3 Å². The molecule has 1 aliphatic carbocycles. The molecule has 1 aliphatic rings. The summed E-state index contributed by atoms with van der Waals surface area (Å²) in [6.45, 7) is 1.19. The standard InChI is InChI=1S/C18H21ClN4O2S/c1-25-9-8-23-15-5-4-13(19)10-14(15)21-17(23)26-11-16(24)22-18(12-20)6-2-3-7-18/h4-5,10H,2-3,6-9,11H2,1H3,(H,22,24). The number of hydrogen-bond acceptors (Lipinski definition) is 5. The number of halogens is 1. The molecule has 3 rings (SSSR count). The van der Waals surface area contributed by atoms with E-state index in [0.717, 1.165) is 41.9 Å². The van der Waals surface area contributed by atoms with Crippen molar-refractivity contribution < 1.29 is 9.53 Å². The van der Waals surface area contributed by atoms with Crippen LogP contribution in [0, 0.1) is 11.3 Å². The van der Waals surface area contributed by atoms with Crippen LogP contribution in [0.25, 0.3) is 11.0 Å². The summed E-state index contributed by atoms with van der Waals surface area (Å²) in [4.78, 5) is 17.0. The second-order valence-electron chi connectivity index (χ2n) is 6.41. The molecule has 1 fully saturated rings. The molecule has 1 aromatic heterocycles. The first-order chi connectivity index (χ1) is 12.6. The van der Waals surface area contributed by atoms with Gasteiger partial charge in [-0.1, -0.05) is 23.4 Å². The van der Waals surface area contributed by atoms with E-state index >= 15 is 0 Å². The average Bonchev–Trinajstić information content (AvgIpc) is 3.22. The smallest absolute Gasteiger partial charge is 0.231 e. The van der Waals surface area contributed by atoms with Gasteiger partial charge < -0.3 is 14.6 Å². The maximum atomic E-state index is 12.4. The minimum Gasteiger partial charge on any atom is -0.383 e. The molecule has 1 aromatic carbocycles. The van der Waals surface area contributed by atoms with Crippen LogP contribution in [0.5, 0.6) is 0 Å². The SMILES string of the molecule is COCCn1c(SCC(=O)NC2(C#N)CCCC2)nc2cc(Cl)ccc21. The zero-order chi connectivity index (χ0) is 18.6. The van der Waals surface area contributed by atoms with Crippen LogP contribution in [0.4, 0.5) is 0 Å². The summed E-state index contributed by atoms with van der Waals surface area (Å²) in [6.07, 6.45) is 3.42. The Kier molecular flexibility index (Phi) is 6.07. The van der Waals surface area contributed by atoms with Crippen LogP contribution >= 0.6 is 23.4 Å². The summed E-state index contributed by atoms with van der Waals surface area (Å²) < 4.78 is 7.22. The van der Waals surface area contributed by atoms with Crippen LogP contribution in [0.15, 0.2) is 23.4 Å². The molecule has 0 atom stereocenters. The zero-order valence-electron chi connectivity index (χ0n) is 14.6. The molecule has 0 saturated heterocycles. The molecular formula is C18H21ClN4O2S. The van der Waals surface area contributed by atoms with Crippen molar-refractivity contribution in [3.05, 3.63) is 23.2 Å². The molecule has 0 radical (unpaired) electrons. The lowest BCUT2D eigenvalue weighted by Crippen LogP contribution is -2.45. The lowest BCUT2D eigenvalue weighted by molar-refractivity contribution is -0.119. The number of carbonyl (C=O) groups is 1. The minimum atomic E-state index is -0.693. The van der Waals surface area contributed by atoms with Gasteiger partial charge in [0.05, 0.1) is 29.5 Å².